The average Bonchev–Trinajstić information content (AvgIpc) is 3.01. The van der Waals surface area contributed by atoms with E-state index in [0.717, 1.165) is 27.0 Å². The van der Waals surface area contributed by atoms with Crippen LogP contribution in [0.15, 0.2) is 10.5 Å². The Morgan fingerprint density at radius 3 is 3.00 bits per heavy atom. The number of rotatable bonds is 2. The van der Waals surface area contributed by atoms with Crippen LogP contribution in [-0.2, 0) is 6.42 Å². The van der Waals surface area contributed by atoms with Gasteiger partial charge in [0.1, 0.15) is 5.92 Å². The van der Waals surface area contributed by atoms with Crippen LogP contribution >= 0.6 is 27.3 Å². The predicted molar refractivity (Wildman–Crippen MR) is 84.0 cm³/mol. The van der Waals surface area contributed by atoms with E-state index in [1.54, 1.807) is 11.3 Å². The molecule has 1 aliphatic heterocycles. The lowest BCUT2D eigenvalue weighted by molar-refractivity contribution is 0.438. The third-order valence-corrected chi connectivity index (χ3v) is 5.97. The van der Waals surface area contributed by atoms with Crippen molar-refractivity contribution < 1.29 is 4.74 Å². The van der Waals surface area contributed by atoms with E-state index in [0.29, 0.717) is 5.88 Å². The van der Waals surface area contributed by atoms with E-state index in [1.807, 2.05) is 13.0 Å². The predicted octanol–water partition coefficient (Wildman–Crippen LogP) is 3.75. The molecule has 2 unspecified atom stereocenters. The summed E-state index contributed by atoms with van der Waals surface area (Å²) in [4.78, 5) is 2.30. The first-order valence-electron chi connectivity index (χ1n) is 6.55. The van der Waals surface area contributed by atoms with E-state index < -0.39 is 5.92 Å². The highest BCUT2D eigenvalue weighted by Gasteiger charge is 2.40. The van der Waals surface area contributed by atoms with Crippen LogP contribution in [0.25, 0.3) is 0 Å². The minimum Gasteiger partial charge on any atom is -0.422 e. The van der Waals surface area contributed by atoms with Gasteiger partial charge in [-0.25, -0.2) is 0 Å². The van der Waals surface area contributed by atoms with Gasteiger partial charge in [0.05, 0.1) is 12.0 Å². The molecule has 2 aromatic rings. The maximum atomic E-state index is 9.47. The van der Waals surface area contributed by atoms with Crippen molar-refractivity contribution in [3.05, 3.63) is 31.6 Å². The van der Waals surface area contributed by atoms with E-state index >= 15 is 0 Å². The first-order valence-corrected chi connectivity index (χ1v) is 8.16. The van der Waals surface area contributed by atoms with Crippen LogP contribution < -0.4 is 4.74 Å². The number of halogens is 1. The molecular formula is C14H13BrN4OS. The molecule has 0 aliphatic carbocycles. The van der Waals surface area contributed by atoms with Crippen LogP contribution in [0.4, 0.5) is 0 Å². The van der Waals surface area contributed by atoms with Crippen molar-refractivity contribution >= 4 is 33.2 Å². The summed E-state index contributed by atoms with van der Waals surface area (Å²) in [6.07, 6.45) is 0.931. The van der Waals surface area contributed by atoms with E-state index in [4.69, 9.17) is 10.1 Å². The molecule has 0 radical (unpaired) electrons. The molecule has 3 rings (SSSR count). The molecule has 5 nitrogen and oxygen atoms in total. The van der Waals surface area contributed by atoms with Gasteiger partial charge in [-0.3, -0.25) is 10.5 Å². The maximum absolute atomic E-state index is 9.47. The molecule has 0 fully saturated rings. The normalized spacial score (nSPS) is 20.8. The summed E-state index contributed by atoms with van der Waals surface area (Å²) in [5.41, 5.74) is 1.76. The number of thiophene rings is 1. The second-order valence-corrected chi connectivity index (χ2v) is 6.91. The molecular weight excluding hydrogens is 352 g/mol. The largest absolute Gasteiger partial charge is 0.422 e. The van der Waals surface area contributed by atoms with E-state index in [-0.39, 0.29) is 11.8 Å². The smallest absolute Gasteiger partial charge is 0.243 e. The van der Waals surface area contributed by atoms with Crippen LogP contribution in [0.5, 0.6) is 5.88 Å². The second kappa shape index (κ2) is 5.28. The number of aromatic amines is 1. The summed E-state index contributed by atoms with van der Waals surface area (Å²) in [5, 5.41) is 24.4. The summed E-state index contributed by atoms with van der Waals surface area (Å²) < 4.78 is 6.44. The van der Waals surface area contributed by atoms with Gasteiger partial charge in [-0.1, -0.05) is 6.92 Å². The Labute approximate surface area is 134 Å². The highest BCUT2D eigenvalue weighted by molar-refractivity contribution is 9.10. The number of aryl methyl sites for hydroxylation is 2. The molecule has 7 heteroatoms. The Kier molecular flexibility index (Phi) is 3.59. The number of aromatic nitrogens is 2. The lowest BCUT2D eigenvalue weighted by Crippen LogP contribution is -2.30. The fraction of sp³-hybridized carbons (Fsp3) is 0.357. The number of fused-ring (bicyclic) bond motifs is 1. The molecule has 0 saturated heterocycles. The summed E-state index contributed by atoms with van der Waals surface area (Å²) in [5.74, 6) is -0.448. The third-order valence-electron chi connectivity index (χ3n) is 3.64. The zero-order valence-corrected chi connectivity index (χ0v) is 13.9. The molecule has 2 aromatic heterocycles. The molecule has 108 valence electrons. The van der Waals surface area contributed by atoms with Gasteiger partial charge in [0.15, 0.2) is 0 Å². The molecule has 0 bridgehead atoms. The van der Waals surface area contributed by atoms with Crippen molar-refractivity contribution in [2.24, 2.45) is 5.92 Å². The van der Waals surface area contributed by atoms with Crippen LogP contribution in [0.2, 0.25) is 0 Å². The quantitative estimate of drug-likeness (QED) is 0.850. The van der Waals surface area contributed by atoms with Gasteiger partial charge < -0.3 is 4.74 Å². The Bertz CT molecular complexity index is 758. The molecule has 3 heterocycles. The molecule has 2 N–H and O–H groups in total. The number of hydrogen-bond acceptors (Lipinski definition) is 5. The van der Waals surface area contributed by atoms with E-state index in [9.17, 15) is 5.26 Å². The number of nitrogens with one attached hydrogen (secondary N) is 2. The van der Waals surface area contributed by atoms with Crippen molar-refractivity contribution in [1.82, 2.24) is 10.2 Å². The first-order chi connectivity index (χ1) is 10.1. The van der Waals surface area contributed by atoms with Gasteiger partial charge in [-0.15, -0.1) is 16.4 Å². The van der Waals surface area contributed by atoms with Crippen molar-refractivity contribution in [2.75, 3.05) is 0 Å². The Morgan fingerprint density at radius 2 is 2.38 bits per heavy atom. The molecule has 0 amide bonds. The maximum Gasteiger partial charge on any atom is 0.243 e. The fourth-order valence-electron chi connectivity index (χ4n) is 2.61. The van der Waals surface area contributed by atoms with Gasteiger partial charge in [-0.2, -0.15) is 5.26 Å². The first kappa shape index (κ1) is 14.3. The summed E-state index contributed by atoms with van der Waals surface area (Å²) in [6, 6.07) is 4.26. The minimum absolute atomic E-state index is 0.0379. The summed E-state index contributed by atoms with van der Waals surface area (Å²) in [7, 11) is 0. The second-order valence-electron chi connectivity index (χ2n) is 4.89. The van der Waals surface area contributed by atoms with Gasteiger partial charge in [0.2, 0.25) is 11.8 Å². The van der Waals surface area contributed by atoms with Gasteiger partial charge in [-0.05, 0) is 35.3 Å². The minimum atomic E-state index is -0.621. The van der Waals surface area contributed by atoms with Crippen LogP contribution in [0.1, 0.15) is 33.9 Å². The summed E-state index contributed by atoms with van der Waals surface area (Å²) >= 11 is 5.24. The van der Waals surface area contributed by atoms with Crippen molar-refractivity contribution in [3.8, 4) is 11.9 Å². The number of H-pyrrole nitrogens is 1. The van der Waals surface area contributed by atoms with Crippen LogP contribution in [0, 0.1) is 29.6 Å². The Morgan fingerprint density at radius 1 is 1.62 bits per heavy atom. The van der Waals surface area contributed by atoms with Crippen molar-refractivity contribution in [2.45, 2.75) is 26.2 Å². The summed E-state index contributed by atoms with van der Waals surface area (Å²) in [6.45, 7) is 4.01. The number of ether oxygens (including phenoxy) is 1. The standard InChI is InChI=1S/C14H13BrN4OS/c1-3-9-8(15)4-10(21-9)12-7(5-16)13(17)20-14-11(12)6(2)18-19-14/h4,7,12,17H,3H2,1-2H3,(H,18,19). The van der Waals surface area contributed by atoms with Crippen molar-refractivity contribution in [1.29, 1.82) is 10.7 Å². The average molecular weight is 365 g/mol. The van der Waals surface area contributed by atoms with Gasteiger partial charge in [0, 0.05) is 25.5 Å². The topological polar surface area (TPSA) is 85.5 Å². The monoisotopic (exact) mass is 364 g/mol. The molecule has 21 heavy (non-hydrogen) atoms. The molecule has 0 saturated carbocycles. The zero-order chi connectivity index (χ0) is 15.1. The van der Waals surface area contributed by atoms with Crippen LogP contribution in [0.3, 0.4) is 0 Å². The Balaban J connectivity index is 2.19. The number of nitrogens with zero attached hydrogens (tertiary/aromatic N) is 2. The molecule has 0 aromatic carbocycles. The number of hydrogen-bond donors (Lipinski definition) is 2. The van der Waals surface area contributed by atoms with Crippen molar-refractivity contribution in [3.63, 3.8) is 0 Å². The van der Waals surface area contributed by atoms with E-state index in [2.05, 4.69) is 39.1 Å². The molecule has 2 atom stereocenters. The zero-order valence-electron chi connectivity index (χ0n) is 11.5. The highest BCUT2D eigenvalue weighted by Crippen LogP contribution is 2.46. The van der Waals surface area contributed by atoms with Gasteiger partial charge >= 0.3 is 0 Å². The SMILES string of the molecule is CCc1sc(C2c3c(n[nH]c3C)OC(=N)C2C#N)cc1Br. The number of nitriles is 1. The van der Waals surface area contributed by atoms with E-state index in [1.165, 1.54) is 4.88 Å². The fourth-order valence-corrected chi connectivity index (χ4v) is 4.67. The van der Waals surface area contributed by atoms with Crippen LogP contribution in [-0.4, -0.2) is 16.1 Å². The molecule has 0 spiro atoms. The lowest BCUT2D eigenvalue weighted by atomic mass is 9.83. The highest BCUT2D eigenvalue weighted by atomic mass is 79.9. The molecule has 1 aliphatic rings. The van der Waals surface area contributed by atoms with Gasteiger partial charge in [0.25, 0.3) is 0 Å². The Hall–Kier alpha value is -1.65. The third kappa shape index (κ3) is 2.19. The lowest BCUT2D eigenvalue weighted by Gasteiger charge is -2.26.